The summed E-state index contributed by atoms with van der Waals surface area (Å²) in [6, 6.07) is 1.29. The van der Waals surface area contributed by atoms with Crippen LogP contribution >= 0.6 is 0 Å². The summed E-state index contributed by atoms with van der Waals surface area (Å²) in [6.07, 6.45) is 5.16. The molecule has 2 fully saturated rings. The molecular formula is C14H27NO. The van der Waals surface area contributed by atoms with Crippen LogP contribution in [0.1, 0.15) is 53.4 Å². The summed E-state index contributed by atoms with van der Waals surface area (Å²) < 4.78 is 5.44. The molecule has 16 heavy (non-hydrogen) atoms. The number of hydrogen-bond acceptors (Lipinski definition) is 2. The van der Waals surface area contributed by atoms with Crippen LogP contribution in [0.25, 0.3) is 0 Å². The van der Waals surface area contributed by atoms with Gasteiger partial charge in [-0.05, 0) is 36.5 Å². The molecule has 0 aromatic rings. The number of rotatable bonds is 2. The Bertz CT molecular complexity index is 225. The summed E-state index contributed by atoms with van der Waals surface area (Å²) in [6.45, 7) is 11.5. The van der Waals surface area contributed by atoms with Crippen molar-refractivity contribution < 1.29 is 4.74 Å². The Balaban J connectivity index is 1.93. The number of ether oxygens (including phenoxy) is 1. The molecule has 1 aliphatic heterocycles. The first kappa shape index (κ1) is 12.4. The van der Waals surface area contributed by atoms with Crippen LogP contribution in [-0.4, -0.2) is 25.3 Å². The highest BCUT2D eigenvalue weighted by atomic mass is 16.5. The summed E-state index contributed by atoms with van der Waals surface area (Å²) >= 11 is 0. The van der Waals surface area contributed by atoms with Crippen molar-refractivity contribution >= 4 is 0 Å². The SMILES string of the molecule is CC1(C)CC(NC2CCOC2)CC(C)(C)C1. The minimum Gasteiger partial charge on any atom is -0.380 e. The molecule has 0 amide bonds. The molecule has 1 atom stereocenters. The van der Waals surface area contributed by atoms with Crippen molar-refractivity contribution in [2.24, 2.45) is 10.8 Å². The van der Waals surface area contributed by atoms with Gasteiger partial charge < -0.3 is 10.1 Å². The van der Waals surface area contributed by atoms with E-state index in [9.17, 15) is 0 Å². The molecule has 1 aliphatic carbocycles. The molecule has 94 valence electrons. The fraction of sp³-hybridized carbons (Fsp3) is 1.00. The van der Waals surface area contributed by atoms with Crippen LogP contribution < -0.4 is 5.32 Å². The Morgan fingerprint density at radius 1 is 1.00 bits per heavy atom. The quantitative estimate of drug-likeness (QED) is 0.780. The summed E-state index contributed by atoms with van der Waals surface area (Å²) in [5, 5.41) is 3.80. The summed E-state index contributed by atoms with van der Waals surface area (Å²) in [4.78, 5) is 0. The van der Waals surface area contributed by atoms with Crippen LogP contribution in [0.4, 0.5) is 0 Å². The van der Waals surface area contributed by atoms with E-state index in [2.05, 4.69) is 33.0 Å². The molecule has 1 unspecified atom stereocenters. The van der Waals surface area contributed by atoms with Crippen LogP contribution in [0.2, 0.25) is 0 Å². The fourth-order valence-electron chi connectivity index (χ4n) is 3.96. The Morgan fingerprint density at radius 2 is 1.62 bits per heavy atom. The highest BCUT2D eigenvalue weighted by Crippen LogP contribution is 2.45. The highest BCUT2D eigenvalue weighted by Gasteiger charge is 2.39. The maximum Gasteiger partial charge on any atom is 0.0620 e. The van der Waals surface area contributed by atoms with Gasteiger partial charge in [0.2, 0.25) is 0 Å². The summed E-state index contributed by atoms with van der Waals surface area (Å²) in [5.41, 5.74) is 0.970. The lowest BCUT2D eigenvalue weighted by Crippen LogP contribution is -2.47. The van der Waals surface area contributed by atoms with Crippen molar-refractivity contribution in [1.29, 1.82) is 0 Å². The van der Waals surface area contributed by atoms with Crippen molar-refractivity contribution in [2.45, 2.75) is 65.5 Å². The van der Waals surface area contributed by atoms with Gasteiger partial charge in [-0.1, -0.05) is 27.7 Å². The zero-order valence-electron chi connectivity index (χ0n) is 11.3. The average Bonchev–Trinajstić information content (AvgIpc) is 2.49. The summed E-state index contributed by atoms with van der Waals surface area (Å²) in [7, 11) is 0. The van der Waals surface area contributed by atoms with Crippen LogP contribution in [0.3, 0.4) is 0 Å². The second-order valence-electron chi connectivity index (χ2n) is 7.34. The molecule has 2 nitrogen and oxygen atoms in total. The van der Waals surface area contributed by atoms with Gasteiger partial charge in [-0.25, -0.2) is 0 Å². The van der Waals surface area contributed by atoms with E-state index in [0.29, 0.717) is 22.9 Å². The predicted octanol–water partition coefficient (Wildman–Crippen LogP) is 2.97. The van der Waals surface area contributed by atoms with E-state index in [4.69, 9.17) is 4.74 Å². The van der Waals surface area contributed by atoms with Gasteiger partial charge in [0.05, 0.1) is 6.61 Å². The first-order valence-electron chi connectivity index (χ1n) is 6.70. The lowest BCUT2D eigenvalue weighted by Gasteiger charge is -2.45. The van der Waals surface area contributed by atoms with Gasteiger partial charge >= 0.3 is 0 Å². The third-order valence-corrected chi connectivity index (χ3v) is 3.96. The van der Waals surface area contributed by atoms with E-state index in [1.165, 1.54) is 25.7 Å². The molecule has 0 radical (unpaired) electrons. The van der Waals surface area contributed by atoms with Gasteiger partial charge in [-0.3, -0.25) is 0 Å². The molecule has 0 spiro atoms. The molecule has 2 rings (SSSR count). The van der Waals surface area contributed by atoms with Crippen LogP contribution in [0, 0.1) is 10.8 Å². The maximum atomic E-state index is 5.44. The first-order chi connectivity index (χ1) is 7.36. The topological polar surface area (TPSA) is 21.3 Å². The van der Waals surface area contributed by atoms with E-state index in [1.807, 2.05) is 0 Å². The standard InChI is InChI=1S/C14H27NO/c1-13(2)7-12(8-14(3,4)10-13)15-11-5-6-16-9-11/h11-12,15H,5-10H2,1-4H3. The Kier molecular flexibility index (Phi) is 3.33. The monoisotopic (exact) mass is 225 g/mol. The van der Waals surface area contributed by atoms with Crippen molar-refractivity contribution in [3.63, 3.8) is 0 Å². The average molecular weight is 225 g/mol. The molecular weight excluding hydrogens is 198 g/mol. The molecule has 1 heterocycles. The zero-order valence-corrected chi connectivity index (χ0v) is 11.3. The predicted molar refractivity (Wildman–Crippen MR) is 67.6 cm³/mol. The van der Waals surface area contributed by atoms with Gasteiger partial charge in [0.1, 0.15) is 0 Å². The van der Waals surface area contributed by atoms with Gasteiger partial charge in [0.25, 0.3) is 0 Å². The lowest BCUT2D eigenvalue weighted by molar-refractivity contribution is 0.0786. The highest BCUT2D eigenvalue weighted by molar-refractivity contribution is 4.93. The van der Waals surface area contributed by atoms with Crippen LogP contribution in [0.15, 0.2) is 0 Å². The molecule has 1 saturated carbocycles. The Hall–Kier alpha value is -0.0800. The minimum absolute atomic E-state index is 0.485. The zero-order chi connectivity index (χ0) is 11.8. The van der Waals surface area contributed by atoms with Gasteiger partial charge in [-0.2, -0.15) is 0 Å². The molecule has 1 N–H and O–H groups in total. The molecule has 0 aromatic heterocycles. The third kappa shape index (κ3) is 3.21. The molecule has 2 heteroatoms. The normalized spacial score (nSPS) is 34.1. The number of hydrogen-bond donors (Lipinski definition) is 1. The smallest absolute Gasteiger partial charge is 0.0620 e. The van der Waals surface area contributed by atoms with E-state index >= 15 is 0 Å². The second-order valence-corrected chi connectivity index (χ2v) is 7.34. The molecule has 2 aliphatic rings. The van der Waals surface area contributed by atoms with Gasteiger partial charge in [0, 0.05) is 18.7 Å². The number of nitrogens with one attached hydrogen (secondary N) is 1. The maximum absolute atomic E-state index is 5.44. The van der Waals surface area contributed by atoms with E-state index in [1.54, 1.807) is 0 Å². The molecule has 0 bridgehead atoms. The molecule has 1 saturated heterocycles. The van der Waals surface area contributed by atoms with Crippen molar-refractivity contribution in [1.82, 2.24) is 5.32 Å². The van der Waals surface area contributed by atoms with Gasteiger partial charge in [0.15, 0.2) is 0 Å². The van der Waals surface area contributed by atoms with Crippen molar-refractivity contribution in [2.75, 3.05) is 13.2 Å². The van der Waals surface area contributed by atoms with E-state index in [-0.39, 0.29) is 0 Å². The fourth-order valence-corrected chi connectivity index (χ4v) is 3.96. The Labute approximate surface area is 100 Å². The Morgan fingerprint density at radius 3 is 2.12 bits per heavy atom. The van der Waals surface area contributed by atoms with Crippen LogP contribution in [-0.2, 0) is 4.74 Å². The largest absolute Gasteiger partial charge is 0.380 e. The summed E-state index contributed by atoms with van der Waals surface area (Å²) in [5.74, 6) is 0. The third-order valence-electron chi connectivity index (χ3n) is 3.96. The molecule has 0 aromatic carbocycles. The van der Waals surface area contributed by atoms with Crippen molar-refractivity contribution in [3.05, 3.63) is 0 Å². The minimum atomic E-state index is 0.485. The first-order valence-corrected chi connectivity index (χ1v) is 6.70. The lowest BCUT2D eigenvalue weighted by atomic mass is 9.63. The van der Waals surface area contributed by atoms with Gasteiger partial charge in [-0.15, -0.1) is 0 Å². The van der Waals surface area contributed by atoms with Crippen LogP contribution in [0.5, 0.6) is 0 Å². The van der Waals surface area contributed by atoms with Crippen molar-refractivity contribution in [3.8, 4) is 0 Å². The van der Waals surface area contributed by atoms with E-state index < -0.39 is 0 Å². The second kappa shape index (κ2) is 4.30. The van der Waals surface area contributed by atoms with E-state index in [0.717, 1.165) is 13.2 Å².